The zero-order chi connectivity index (χ0) is 14.4. The van der Waals surface area contributed by atoms with E-state index in [-0.39, 0.29) is 0 Å². The van der Waals surface area contributed by atoms with Crippen LogP contribution in [0.25, 0.3) is 0 Å². The monoisotopic (exact) mass is 289 g/mol. The van der Waals surface area contributed by atoms with E-state index in [1.165, 1.54) is 18.1 Å². The summed E-state index contributed by atoms with van der Waals surface area (Å²) in [6.45, 7) is 0. The molecule has 0 radical (unpaired) electrons. The van der Waals surface area contributed by atoms with Crippen LogP contribution in [0.2, 0.25) is 0 Å². The molecule has 0 aliphatic heterocycles. The summed E-state index contributed by atoms with van der Waals surface area (Å²) in [7, 11) is 1.65. The molecule has 1 aromatic carbocycles. The van der Waals surface area contributed by atoms with E-state index in [0.717, 1.165) is 10.6 Å². The zero-order valence-electron chi connectivity index (χ0n) is 11.0. The zero-order valence-corrected chi connectivity index (χ0v) is 11.8. The summed E-state index contributed by atoms with van der Waals surface area (Å²) in [5.41, 5.74) is -0.423. The number of carboxylic acids is 1. The van der Waals surface area contributed by atoms with Crippen LogP contribution in [0.1, 0.15) is 5.56 Å². The lowest BCUT2D eigenvalue weighted by atomic mass is 9.92. The summed E-state index contributed by atoms with van der Waals surface area (Å²) >= 11 is 1.38. The van der Waals surface area contributed by atoms with Crippen molar-refractivity contribution < 1.29 is 9.90 Å². The molecule has 104 valence electrons. The molecule has 0 amide bonds. The number of benzene rings is 1. The van der Waals surface area contributed by atoms with E-state index >= 15 is 0 Å². The van der Waals surface area contributed by atoms with Gasteiger partial charge in [0.15, 0.2) is 5.54 Å². The van der Waals surface area contributed by atoms with Crippen LogP contribution in [-0.2, 0) is 10.3 Å². The number of rotatable bonds is 6. The van der Waals surface area contributed by atoms with Crippen LogP contribution in [0.15, 0.2) is 53.9 Å². The van der Waals surface area contributed by atoms with Gasteiger partial charge in [-0.25, -0.2) is 14.8 Å². The molecule has 0 bridgehead atoms. The molecule has 2 N–H and O–H groups in total. The molecule has 1 heterocycles. The molecule has 0 spiro atoms. The van der Waals surface area contributed by atoms with Crippen molar-refractivity contribution in [2.45, 2.75) is 10.6 Å². The second-order valence-corrected chi connectivity index (χ2v) is 5.16. The summed E-state index contributed by atoms with van der Waals surface area (Å²) in [5, 5.41) is 13.3. The third-order valence-electron chi connectivity index (χ3n) is 3.05. The highest BCUT2D eigenvalue weighted by atomic mass is 32.2. The van der Waals surface area contributed by atoms with Gasteiger partial charge in [0, 0.05) is 11.9 Å². The first-order valence-electron chi connectivity index (χ1n) is 6.05. The molecule has 0 aliphatic rings. The van der Waals surface area contributed by atoms with E-state index in [2.05, 4.69) is 15.3 Å². The van der Waals surface area contributed by atoms with Crippen molar-refractivity contribution in [1.29, 1.82) is 0 Å². The van der Waals surface area contributed by atoms with E-state index in [4.69, 9.17) is 0 Å². The van der Waals surface area contributed by atoms with Crippen LogP contribution in [0.4, 0.5) is 0 Å². The van der Waals surface area contributed by atoms with Gasteiger partial charge >= 0.3 is 5.97 Å². The van der Waals surface area contributed by atoms with Crippen molar-refractivity contribution >= 4 is 17.7 Å². The molecule has 0 aliphatic carbocycles. The number of carbonyl (C=O) groups is 1. The van der Waals surface area contributed by atoms with Gasteiger partial charge in [-0.15, -0.1) is 11.8 Å². The molecule has 1 unspecified atom stereocenters. The van der Waals surface area contributed by atoms with Gasteiger partial charge < -0.3 is 10.4 Å². The van der Waals surface area contributed by atoms with Crippen molar-refractivity contribution in [3.63, 3.8) is 0 Å². The van der Waals surface area contributed by atoms with Gasteiger partial charge in [-0.05, 0) is 18.7 Å². The largest absolute Gasteiger partial charge is 0.480 e. The fourth-order valence-electron chi connectivity index (χ4n) is 1.86. The Morgan fingerprint density at radius 2 is 2.10 bits per heavy atom. The Morgan fingerprint density at radius 3 is 2.65 bits per heavy atom. The Morgan fingerprint density at radius 1 is 1.35 bits per heavy atom. The molecule has 5 nitrogen and oxygen atoms in total. The Labute approximate surface area is 121 Å². The van der Waals surface area contributed by atoms with E-state index in [9.17, 15) is 9.90 Å². The highest BCUT2D eigenvalue weighted by molar-refractivity contribution is 7.99. The van der Waals surface area contributed by atoms with Gasteiger partial charge in [-0.3, -0.25) is 0 Å². The minimum absolute atomic E-state index is 0.333. The average Bonchev–Trinajstić information content (AvgIpc) is 2.50. The minimum atomic E-state index is -1.14. The fourth-order valence-corrected chi connectivity index (χ4v) is 2.94. The smallest absolute Gasteiger partial charge is 0.329 e. The third kappa shape index (κ3) is 2.97. The number of carboxylic acid groups (broad SMARTS) is 1. The first-order valence-corrected chi connectivity index (χ1v) is 7.04. The summed E-state index contributed by atoms with van der Waals surface area (Å²) in [4.78, 5) is 19.7. The Kier molecular flexibility index (Phi) is 4.70. The number of aliphatic carboxylic acids is 1. The van der Waals surface area contributed by atoms with Crippen LogP contribution in [0.5, 0.6) is 0 Å². The molecule has 1 aromatic heterocycles. The normalized spacial score (nSPS) is 13.7. The van der Waals surface area contributed by atoms with Crippen LogP contribution < -0.4 is 5.32 Å². The number of hydrogen-bond acceptors (Lipinski definition) is 5. The standard InChI is InChI=1S/C14H15N3O2S/c1-15-14(13(18)19,11-5-3-2-4-6-11)9-20-12-7-8-16-10-17-12/h2-8,10,15H,9H2,1H3,(H,18,19). The van der Waals surface area contributed by atoms with Gasteiger partial charge in [0.05, 0.1) is 5.03 Å². The number of thioether (sulfide) groups is 1. The molecular formula is C14H15N3O2S. The van der Waals surface area contributed by atoms with E-state index in [1.54, 1.807) is 19.3 Å². The fraction of sp³-hybridized carbons (Fsp3) is 0.214. The number of hydrogen-bond donors (Lipinski definition) is 2. The Balaban J connectivity index is 2.26. The van der Waals surface area contributed by atoms with E-state index in [1.807, 2.05) is 30.3 Å². The maximum absolute atomic E-state index is 11.8. The highest BCUT2D eigenvalue weighted by Crippen LogP contribution is 2.28. The second-order valence-electron chi connectivity index (χ2n) is 4.16. The van der Waals surface area contributed by atoms with Gasteiger partial charge in [0.25, 0.3) is 0 Å². The molecule has 2 rings (SSSR count). The van der Waals surface area contributed by atoms with Crippen LogP contribution in [0, 0.1) is 0 Å². The van der Waals surface area contributed by atoms with Crippen molar-refractivity contribution in [1.82, 2.24) is 15.3 Å². The molecule has 0 saturated heterocycles. The lowest BCUT2D eigenvalue weighted by molar-refractivity contribution is -0.144. The van der Waals surface area contributed by atoms with Crippen molar-refractivity contribution in [3.8, 4) is 0 Å². The first kappa shape index (κ1) is 14.5. The quantitative estimate of drug-likeness (QED) is 0.623. The van der Waals surface area contributed by atoms with Gasteiger partial charge in [-0.2, -0.15) is 0 Å². The van der Waals surface area contributed by atoms with Crippen LogP contribution in [-0.4, -0.2) is 33.8 Å². The summed E-state index contributed by atoms with van der Waals surface area (Å²) in [6.07, 6.45) is 3.09. The van der Waals surface area contributed by atoms with Crippen LogP contribution in [0.3, 0.4) is 0 Å². The van der Waals surface area contributed by atoms with Crippen LogP contribution >= 0.6 is 11.8 Å². The molecule has 1 atom stereocenters. The maximum atomic E-state index is 11.8. The first-order chi connectivity index (χ1) is 9.69. The Hall–Kier alpha value is -1.92. The maximum Gasteiger partial charge on any atom is 0.329 e. The summed E-state index contributed by atoms with van der Waals surface area (Å²) in [6, 6.07) is 10.9. The van der Waals surface area contributed by atoms with E-state index in [0.29, 0.717) is 5.75 Å². The molecular weight excluding hydrogens is 274 g/mol. The second kappa shape index (κ2) is 6.49. The lowest BCUT2D eigenvalue weighted by Crippen LogP contribution is -2.49. The topological polar surface area (TPSA) is 75.1 Å². The highest BCUT2D eigenvalue weighted by Gasteiger charge is 2.39. The van der Waals surface area contributed by atoms with Crippen molar-refractivity contribution in [2.24, 2.45) is 0 Å². The summed E-state index contributed by atoms with van der Waals surface area (Å²) < 4.78 is 0. The predicted octanol–water partition coefficient (Wildman–Crippen LogP) is 1.77. The Bertz CT molecular complexity index is 565. The molecule has 20 heavy (non-hydrogen) atoms. The number of nitrogens with zero attached hydrogens (tertiary/aromatic N) is 2. The average molecular weight is 289 g/mol. The summed E-state index contributed by atoms with van der Waals surface area (Å²) in [5.74, 6) is -0.576. The lowest BCUT2D eigenvalue weighted by Gasteiger charge is -2.29. The number of aromatic nitrogens is 2. The van der Waals surface area contributed by atoms with E-state index < -0.39 is 11.5 Å². The molecule has 2 aromatic rings. The number of likely N-dealkylation sites (N-methyl/N-ethyl adjacent to an activating group) is 1. The SMILES string of the molecule is CNC(CSc1ccncn1)(C(=O)O)c1ccccc1. The van der Waals surface area contributed by atoms with Gasteiger partial charge in [-0.1, -0.05) is 30.3 Å². The molecule has 0 saturated carbocycles. The third-order valence-corrected chi connectivity index (χ3v) is 4.16. The predicted molar refractivity (Wildman–Crippen MR) is 77.6 cm³/mol. The van der Waals surface area contributed by atoms with Crippen molar-refractivity contribution in [3.05, 3.63) is 54.5 Å². The number of nitrogens with one attached hydrogen (secondary N) is 1. The van der Waals surface area contributed by atoms with Gasteiger partial charge in [0.1, 0.15) is 6.33 Å². The molecule has 6 heteroatoms. The van der Waals surface area contributed by atoms with Gasteiger partial charge in [0.2, 0.25) is 0 Å². The minimum Gasteiger partial charge on any atom is -0.480 e. The molecule has 0 fully saturated rings. The van der Waals surface area contributed by atoms with Crippen molar-refractivity contribution in [2.75, 3.05) is 12.8 Å².